The Balaban J connectivity index is 1.95. The highest BCUT2D eigenvalue weighted by Crippen LogP contribution is 2.42. The van der Waals surface area contributed by atoms with Crippen LogP contribution >= 0.6 is 0 Å². The van der Waals surface area contributed by atoms with Crippen LogP contribution in [0.2, 0.25) is 0 Å². The van der Waals surface area contributed by atoms with Gasteiger partial charge in [-0.15, -0.1) is 0 Å². The summed E-state index contributed by atoms with van der Waals surface area (Å²) in [5, 5.41) is 0. The van der Waals surface area contributed by atoms with E-state index < -0.39 is 5.60 Å². The van der Waals surface area contributed by atoms with Crippen molar-refractivity contribution in [2.45, 2.75) is 58.5 Å². The molecular weight excluding hydrogens is 292 g/mol. The van der Waals surface area contributed by atoms with E-state index in [1.807, 2.05) is 20.8 Å². The van der Waals surface area contributed by atoms with Gasteiger partial charge in [0, 0.05) is 29.6 Å². The standard InChI is InChI=1S/C18H24N2O3/c1-17(2,3)23-16(22)20-10-18(4,5)12-9-19-13(8-14(12)20)15(21)11-6-7-11/h8-9,11H,6-7,10H2,1-5H3. The molecule has 0 spiro atoms. The minimum Gasteiger partial charge on any atom is -0.443 e. The van der Waals surface area contributed by atoms with Crippen LogP contribution in [0.5, 0.6) is 0 Å². The number of anilines is 1. The lowest BCUT2D eigenvalue weighted by Gasteiger charge is -2.26. The number of nitrogens with zero attached hydrogens (tertiary/aromatic N) is 2. The molecule has 124 valence electrons. The topological polar surface area (TPSA) is 59.5 Å². The number of fused-ring (bicyclic) bond motifs is 1. The molecule has 1 fully saturated rings. The quantitative estimate of drug-likeness (QED) is 0.780. The third-order valence-electron chi connectivity index (χ3n) is 4.27. The number of carbonyl (C=O) groups excluding carboxylic acids is 2. The van der Waals surface area contributed by atoms with Crippen molar-refractivity contribution in [2.24, 2.45) is 5.92 Å². The Bertz CT molecular complexity index is 669. The van der Waals surface area contributed by atoms with Gasteiger partial charge in [0.2, 0.25) is 0 Å². The molecule has 0 unspecified atom stereocenters. The maximum atomic E-state index is 12.5. The highest BCUT2D eigenvalue weighted by molar-refractivity contribution is 6.00. The summed E-state index contributed by atoms with van der Waals surface area (Å²) >= 11 is 0. The minimum atomic E-state index is -0.552. The van der Waals surface area contributed by atoms with Crippen LogP contribution < -0.4 is 4.90 Å². The molecule has 1 aliphatic carbocycles. The van der Waals surface area contributed by atoms with Crippen molar-refractivity contribution in [1.82, 2.24) is 4.98 Å². The van der Waals surface area contributed by atoms with Crippen molar-refractivity contribution in [3.8, 4) is 0 Å². The molecule has 1 saturated carbocycles. The van der Waals surface area contributed by atoms with Crippen molar-refractivity contribution in [3.63, 3.8) is 0 Å². The van der Waals surface area contributed by atoms with E-state index in [0.717, 1.165) is 24.1 Å². The number of pyridine rings is 1. The average Bonchev–Trinajstić information content (AvgIpc) is 3.22. The van der Waals surface area contributed by atoms with Gasteiger partial charge in [0.15, 0.2) is 5.78 Å². The maximum Gasteiger partial charge on any atom is 0.414 e. The number of aromatic nitrogens is 1. The highest BCUT2D eigenvalue weighted by atomic mass is 16.6. The van der Waals surface area contributed by atoms with E-state index in [1.54, 1.807) is 17.2 Å². The summed E-state index contributed by atoms with van der Waals surface area (Å²) < 4.78 is 5.51. The van der Waals surface area contributed by atoms with Crippen molar-refractivity contribution in [3.05, 3.63) is 23.5 Å². The molecule has 5 heteroatoms. The normalized spacial score (nSPS) is 19.4. The molecule has 3 rings (SSSR count). The number of Topliss-reactive ketones (excluding diaryl/α,β-unsaturated/α-hetero) is 1. The van der Waals surface area contributed by atoms with Crippen molar-refractivity contribution in [2.75, 3.05) is 11.4 Å². The number of rotatable bonds is 2. The van der Waals surface area contributed by atoms with Crippen LogP contribution in [0.15, 0.2) is 12.3 Å². The van der Waals surface area contributed by atoms with Gasteiger partial charge in [0.25, 0.3) is 0 Å². The fourth-order valence-corrected chi connectivity index (χ4v) is 2.92. The van der Waals surface area contributed by atoms with Gasteiger partial charge in [0.05, 0.1) is 5.69 Å². The molecule has 0 saturated heterocycles. The lowest BCUT2D eigenvalue weighted by Crippen LogP contribution is -2.38. The fourth-order valence-electron chi connectivity index (χ4n) is 2.92. The maximum absolute atomic E-state index is 12.5. The summed E-state index contributed by atoms with van der Waals surface area (Å²) in [5.74, 6) is 0.201. The van der Waals surface area contributed by atoms with Crippen LogP contribution in [0.1, 0.15) is 63.5 Å². The summed E-state index contributed by atoms with van der Waals surface area (Å²) in [6, 6.07) is 1.76. The Kier molecular flexibility index (Phi) is 3.50. The SMILES string of the molecule is CC(C)(C)OC(=O)N1CC(C)(C)c2cnc(C(=O)C3CC3)cc21. The predicted octanol–water partition coefficient (Wildman–Crippen LogP) is 3.71. The van der Waals surface area contributed by atoms with Gasteiger partial charge in [-0.1, -0.05) is 13.8 Å². The number of ketones is 1. The molecule has 1 aromatic rings. The van der Waals surface area contributed by atoms with Gasteiger partial charge in [-0.05, 0) is 39.7 Å². The molecule has 2 heterocycles. The zero-order valence-corrected chi connectivity index (χ0v) is 14.5. The van der Waals surface area contributed by atoms with Gasteiger partial charge in [-0.2, -0.15) is 0 Å². The number of amides is 1. The summed E-state index contributed by atoms with van der Waals surface area (Å²) in [7, 11) is 0. The van der Waals surface area contributed by atoms with Gasteiger partial charge < -0.3 is 4.74 Å². The van der Waals surface area contributed by atoms with Gasteiger partial charge in [0.1, 0.15) is 11.3 Å². The van der Waals surface area contributed by atoms with E-state index in [9.17, 15) is 9.59 Å². The fraction of sp³-hybridized carbons (Fsp3) is 0.611. The van der Waals surface area contributed by atoms with Crippen molar-refractivity contribution >= 4 is 17.6 Å². The lowest BCUT2D eigenvalue weighted by molar-refractivity contribution is 0.0579. The van der Waals surface area contributed by atoms with E-state index in [1.165, 1.54) is 0 Å². The average molecular weight is 316 g/mol. The summed E-state index contributed by atoms with van der Waals surface area (Å²) in [6.07, 6.45) is 3.26. The summed E-state index contributed by atoms with van der Waals surface area (Å²) in [5.41, 5.74) is 1.43. The van der Waals surface area contributed by atoms with Crippen LogP contribution in [0.25, 0.3) is 0 Å². The molecule has 1 aliphatic heterocycles. The number of hydrogen-bond donors (Lipinski definition) is 0. The first kappa shape index (κ1) is 16.0. The van der Waals surface area contributed by atoms with Crippen LogP contribution in [0, 0.1) is 5.92 Å². The second kappa shape index (κ2) is 5.05. The molecule has 1 aromatic heterocycles. The van der Waals surface area contributed by atoms with Gasteiger partial charge in [-0.3, -0.25) is 14.7 Å². The van der Waals surface area contributed by atoms with E-state index in [0.29, 0.717) is 12.2 Å². The van der Waals surface area contributed by atoms with Crippen LogP contribution in [0.4, 0.5) is 10.5 Å². The van der Waals surface area contributed by atoms with E-state index in [-0.39, 0.29) is 23.2 Å². The molecule has 0 N–H and O–H groups in total. The molecule has 0 aromatic carbocycles. The van der Waals surface area contributed by atoms with E-state index >= 15 is 0 Å². The van der Waals surface area contributed by atoms with Crippen LogP contribution in [0.3, 0.4) is 0 Å². The first-order chi connectivity index (χ1) is 10.6. The zero-order chi connectivity index (χ0) is 17.0. The van der Waals surface area contributed by atoms with Gasteiger partial charge in [-0.25, -0.2) is 4.79 Å². The number of ether oxygens (including phenoxy) is 1. The molecule has 0 bridgehead atoms. The lowest BCUT2D eigenvalue weighted by atomic mass is 9.88. The Labute approximate surface area is 137 Å². The first-order valence-electron chi connectivity index (χ1n) is 8.14. The van der Waals surface area contributed by atoms with E-state index in [4.69, 9.17) is 4.74 Å². The number of hydrogen-bond acceptors (Lipinski definition) is 4. The monoisotopic (exact) mass is 316 g/mol. The van der Waals surface area contributed by atoms with Crippen molar-refractivity contribution in [1.29, 1.82) is 0 Å². The zero-order valence-electron chi connectivity index (χ0n) is 14.5. The molecule has 0 atom stereocenters. The molecule has 23 heavy (non-hydrogen) atoms. The smallest absolute Gasteiger partial charge is 0.414 e. The minimum absolute atomic E-state index is 0.0849. The molecule has 0 radical (unpaired) electrons. The third-order valence-corrected chi connectivity index (χ3v) is 4.27. The van der Waals surface area contributed by atoms with Crippen LogP contribution in [-0.2, 0) is 10.2 Å². The highest BCUT2D eigenvalue weighted by Gasteiger charge is 2.41. The van der Waals surface area contributed by atoms with Crippen molar-refractivity contribution < 1.29 is 14.3 Å². The van der Waals surface area contributed by atoms with E-state index in [2.05, 4.69) is 18.8 Å². The Morgan fingerprint density at radius 2 is 1.96 bits per heavy atom. The Hall–Kier alpha value is -1.91. The molecule has 1 amide bonds. The third kappa shape index (κ3) is 3.09. The summed E-state index contributed by atoms with van der Waals surface area (Å²) in [6.45, 7) is 10.2. The molecule has 2 aliphatic rings. The second-order valence-electron chi connectivity index (χ2n) is 8.18. The number of carbonyl (C=O) groups is 2. The van der Waals surface area contributed by atoms with Crippen LogP contribution in [-0.4, -0.2) is 29.0 Å². The summed E-state index contributed by atoms with van der Waals surface area (Å²) in [4.78, 5) is 30.8. The molecular formula is C18H24N2O3. The second-order valence-corrected chi connectivity index (χ2v) is 8.18. The van der Waals surface area contributed by atoms with Gasteiger partial charge >= 0.3 is 6.09 Å². The Morgan fingerprint density at radius 1 is 1.30 bits per heavy atom. The predicted molar refractivity (Wildman–Crippen MR) is 87.9 cm³/mol. The largest absolute Gasteiger partial charge is 0.443 e. The first-order valence-corrected chi connectivity index (χ1v) is 8.14. The molecule has 5 nitrogen and oxygen atoms in total. The Morgan fingerprint density at radius 3 is 2.52 bits per heavy atom.